The van der Waals surface area contributed by atoms with Crippen molar-refractivity contribution in [2.75, 3.05) is 5.32 Å². The van der Waals surface area contributed by atoms with Crippen LogP contribution in [0.2, 0.25) is 0 Å². The standard InChI is InChI=1S/C16H14N2O/c1-11(19)14-4-2-3-5-16(14)18-13-6-7-15-12(10-13)8-9-17-15/h2-10,17-18H,1H3. The molecule has 1 heterocycles. The van der Waals surface area contributed by atoms with E-state index < -0.39 is 0 Å². The maximum absolute atomic E-state index is 11.6. The van der Waals surface area contributed by atoms with E-state index in [1.54, 1.807) is 6.92 Å². The van der Waals surface area contributed by atoms with Crippen molar-refractivity contribution in [2.45, 2.75) is 6.92 Å². The van der Waals surface area contributed by atoms with E-state index in [2.05, 4.69) is 16.4 Å². The molecule has 1 aromatic heterocycles. The summed E-state index contributed by atoms with van der Waals surface area (Å²) in [5.41, 5.74) is 3.62. The van der Waals surface area contributed by atoms with Crippen LogP contribution in [0.5, 0.6) is 0 Å². The number of rotatable bonds is 3. The van der Waals surface area contributed by atoms with Gasteiger partial charge < -0.3 is 10.3 Å². The molecule has 19 heavy (non-hydrogen) atoms. The Labute approximate surface area is 111 Å². The van der Waals surface area contributed by atoms with Crippen LogP contribution >= 0.6 is 0 Å². The van der Waals surface area contributed by atoms with Gasteiger partial charge >= 0.3 is 0 Å². The lowest BCUT2D eigenvalue weighted by Gasteiger charge is -2.10. The Morgan fingerprint density at radius 1 is 1.11 bits per heavy atom. The average molecular weight is 250 g/mol. The molecule has 0 radical (unpaired) electrons. The Morgan fingerprint density at radius 3 is 2.79 bits per heavy atom. The van der Waals surface area contributed by atoms with E-state index in [0.717, 1.165) is 22.3 Å². The summed E-state index contributed by atoms with van der Waals surface area (Å²) in [4.78, 5) is 14.7. The second-order valence-electron chi connectivity index (χ2n) is 4.51. The number of Topliss-reactive ketones (excluding diaryl/α,β-unsaturated/α-hetero) is 1. The van der Waals surface area contributed by atoms with E-state index in [9.17, 15) is 4.79 Å². The monoisotopic (exact) mass is 250 g/mol. The molecule has 0 aliphatic rings. The predicted octanol–water partition coefficient (Wildman–Crippen LogP) is 4.11. The van der Waals surface area contributed by atoms with Gasteiger partial charge in [-0.05, 0) is 43.3 Å². The Bertz CT molecular complexity index is 743. The highest BCUT2D eigenvalue weighted by Gasteiger charge is 2.06. The van der Waals surface area contributed by atoms with Crippen LogP contribution in [0.1, 0.15) is 17.3 Å². The molecular formula is C16H14N2O. The molecule has 2 N–H and O–H groups in total. The van der Waals surface area contributed by atoms with Crippen LogP contribution in [0.25, 0.3) is 10.9 Å². The first kappa shape index (κ1) is 11.5. The SMILES string of the molecule is CC(=O)c1ccccc1Nc1ccc2[nH]ccc2c1. The number of benzene rings is 2. The minimum atomic E-state index is 0.0609. The summed E-state index contributed by atoms with van der Waals surface area (Å²) in [5.74, 6) is 0.0609. The molecule has 0 spiro atoms. The van der Waals surface area contributed by atoms with Crippen LogP contribution in [-0.2, 0) is 0 Å². The van der Waals surface area contributed by atoms with Crippen molar-refractivity contribution in [3.8, 4) is 0 Å². The second-order valence-corrected chi connectivity index (χ2v) is 4.51. The number of carbonyl (C=O) groups excluding carboxylic acids is 1. The highest BCUT2D eigenvalue weighted by molar-refractivity contribution is 6.00. The van der Waals surface area contributed by atoms with Gasteiger partial charge in [0.25, 0.3) is 0 Å². The Hall–Kier alpha value is -2.55. The maximum Gasteiger partial charge on any atom is 0.161 e. The van der Waals surface area contributed by atoms with Crippen LogP contribution in [0.4, 0.5) is 11.4 Å². The van der Waals surface area contributed by atoms with Crippen molar-refractivity contribution in [3.63, 3.8) is 0 Å². The van der Waals surface area contributed by atoms with Crippen molar-refractivity contribution < 1.29 is 4.79 Å². The quantitative estimate of drug-likeness (QED) is 0.687. The number of anilines is 2. The zero-order valence-electron chi connectivity index (χ0n) is 10.6. The number of carbonyl (C=O) groups is 1. The first-order chi connectivity index (χ1) is 9.24. The van der Waals surface area contributed by atoms with Crippen LogP contribution in [0, 0.1) is 0 Å². The summed E-state index contributed by atoms with van der Waals surface area (Å²) in [6.45, 7) is 1.58. The molecule has 0 aliphatic heterocycles. The largest absolute Gasteiger partial charge is 0.361 e. The number of para-hydroxylation sites is 1. The smallest absolute Gasteiger partial charge is 0.161 e. The predicted molar refractivity (Wildman–Crippen MR) is 78.0 cm³/mol. The normalized spacial score (nSPS) is 10.6. The third-order valence-corrected chi connectivity index (χ3v) is 3.14. The summed E-state index contributed by atoms with van der Waals surface area (Å²) in [5, 5.41) is 4.44. The Kier molecular flexibility index (Phi) is 2.80. The van der Waals surface area contributed by atoms with Crippen LogP contribution < -0.4 is 5.32 Å². The number of aromatic amines is 1. The molecule has 0 saturated carbocycles. The molecule has 0 atom stereocenters. The molecule has 2 aromatic carbocycles. The third kappa shape index (κ3) is 2.22. The first-order valence-corrected chi connectivity index (χ1v) is 6.18. The summed E-state index contributed by atoms with van der Waals surface area (Å²) in [6, 6.07) is 15.6. The average Bonchev–Trinajstić information content (AvgIpc) is 2.86. The summed E-state index contributed by atoms with van der Waals surface area (Å²) < 4.78 is 0. The molecule has 3 aromatic rings. The fraction of sp³-hybridized carbons (Fsp3) is 0.0625. The lowest BCUT2D eigenvalue weighted by molar-refractivity contribution is 0.101. The van der Waals surface area contributed by atoms with E-state index in [-0.39, 0.29) is 5.78 Å². The number of aromatic nitrogens is 1. The van der Waals surface area contributed by atoms with Crippen molar-refractivity contribution in [1.82, 2.24) is 4.98 Å². The summed E-state index contributed by atoms with van der Waals surface area (Å²) in [6.07, 6.45) is 1.91. The van der Waals surface area contributed by atoms with Crippen molar-refractivity contribution in [2.24, 2.45) is 0 Å². The molecule has 0 bridgehead atoms. The number of hydrogen-bond acceptors (Lipinski definition) is 2. The van der Waals surface area contributed by atoms with Crippen LogP contribution in [0.15, 0.2) is 54.7 Å². The second kappa shape index (κ2) is 4.61. The number of nitrogens with one attached hydrogen (secondary N) is 2. The highest BCUT2D eigenvalue weighted by atomic mass is 16.1. The summed E-state index contributed by atoms with van der Waals surface area (Å²) >= 11 is 0. The lowest BCUT2D eigenvalue weighted by atomic mass is 10.1. The molecule has 3 heteroatoms. The molecule has 3 rings (SSSR count). The molecule has 0 fully saturated rings. The molecule has 0 unspecified atom stereocenters. The van der Waals surface area contributed by atoms with E-state index in [1.807, 2.05) is 48.7 Å². The van der Waals surface area contributed by atoms with Crippen LogP contribution in [0.3, 0.4) is 0 Å². The van der Waals surface area contributed by atoms with Gasteiger partial charge in [0.05, 0.1) is 0 Å². The van der Waals surface area contributed by atoms with Gasteiger partial charge in [-0.1, -0.05) is 12.1 Å². The van der Waals surface area contributed by atoms with E-state index >= 15 is 0 Å². The van der Waals surface area contributed by atoms with E-state index in [0.29, 0.717) is 5.56 Å². The molecule has 3 nitrogen and oxygen atoms in total. The van der Waals surface area contributed by atoms with Gasteiger partial charge in [-0.2, -0.15) is 0 Å². The van der Waals surface area contributed by atoms with Gasteiger partial charge in [-0.25, -0.2) is 0 Å². The Balaban J connectivity index is 1.98. The number of hydrogen-bond donors (Lipinski definition) is 2. The zero-order valence-corrected chi connectivity index (χ0v) is 10.6. The number of fused-ring (bicyclic) bond motifs is 1. The van der Waals surface area contributed by atoms with Gasteiger partial charge in [0.2, 0.25) is 0 Å². The fourth-order valence-electron chi connectivity index (χ4n) is 2.19. The molecule has 0 aliphatic carbocycles. The van der Waals surface area contributed by atoms with E-state index in [1.165, 1.54) is 0 Å². The number of H-pyrrole nitrogens is 1. The van der Waals surface area contributed by atoms with Gasteiger partial charge in [-0.15, -0.1) is 0 Å². The van der Waals surface area contributed by atoms with Crippen molar-refractivity contribution in [3.05, 3.63) is 60.3 Å². The minimum Gasteiger partial charge on any atom is -0.361 e. The van der Waals surface area contributed by atoms with Gasteiger partial charge in [0.1, 0.15) is 0 Å². The minimum absolute atomic E-state index is 0.0609. The lowest BCUT2D eigenvalue weighted by Crippen LogP contribution is -1.99. The molecule has 94 valence electrons. The Morgan fingerprint density at radius 2 is 1.95 bits per heavy atom. The van der Waals surface area contributed by atoms with Crippen molar-refractivity contribution in [1.29, 1.82) is 0 Å². The first-order valence-electron chi connectivity index (χ1n) is 6.18. The fourth-order valence-corrected chi connectivity index (χ4v) is 2.19. The highest BCUT2D eigenvalue weighted by Crippen LogP contribution is 2.24. The maximum atomic E-state index is 11.6. The van der Waals surface area contributed by atoms with Gasteiger partial charge in [-0.3, -0.25) is 4.79 Å². The topological polar surface area (TPSA) is 44.9 Å². The molecule has 0 saturated heterocycles. The summed E-state index contributed by atoms with van der Waals surface area (Å²) in [7, 11) is 0. The van der Waals surface area contributed by atoms with Gasteiger partial charge in [0, 0.05) is 34.0 Å². The van der Waals surface area contributed by atoms with Crippen LogP contribution in [-0.4, -0.2) is 10.8 Å². The van der Waals surface area contributed by atoms with E-state index in [4.69, 9.17) is 0 Å². The zero-order chi connectivity index (χ0) is 13.2. The number of ketones is 1. The van der Waals surface area contributed by atoms with Gasteiger partial charge in [0.15, 0.2) is 5.78 Å². The van der Waals surface area contributed by atoms with Crippen molar-refractivity contribution >= 4 is 28.1 Å². The third-order valence-electron chi connectivity index (χ3n) is 3.14. The molecule has 0 amide bonds. The molecular weight excluding hydrogens is 236 g/mol.